The van der Waals surface area contributed by atoms with Gasteiger partial charge in [0.2, 0.25) is 5.91 Å². The maximum Gasteiger partial charge on any atom is 0.244 e. The Bertz CT molecular complexity index is 631. The van der Waals surface area contributed by atoms with E-state index in [1.54, 1.807) is 0 Å². The number of ether oxygens (including phenoxy) is 1. The molecule has 1 aromatic carbocycles. The van der Waals surface area contributed by atoms with Gasteiger partial charge in [-0.3, -0.25) is 4.79 Å². The zero-order chi connectivity index (χ0) is 20.4. The van der Waals surface area contributed by atoms with Crippen LogP contribution in [0.1, 0.15) is 51.7 Å². The molecule has 1 aliphatic heterocycles. The largest absolute Gasteiger partial charge is 0.491 e. The molecular formula is C21H35IN4O3. The highest BCUT2D eigenvalue weighted by molar-refractivity contribution is 14.0. The van der Waals surface area contributed by atoms with Crippen molar-refractivity contribution in [2.75, 3.05) is 32.7 Å². The standard InChI is InChI=1S/C21H34N4O3.HI/c1-4-22-21(24-15-20(27)25-12-6-5-7-13-25)23-14-19(26)17-8-10-18(11-9-17)28-16(2)3;/h8-11,16,19,26H,4-7,12-15H2,1-3H3,(H2,22,23,24);1H. The summed E-state index contributed by atoms with van der Waals surface area (Å²) < 4.78 is 5.62. The van der Waals surface area contributed by atoms with Crippen LogP contribution < -0.4 is 15.4 Å². The lowest BCUT2D eigenvalue weighted by atomic mass is 10.1. The molecule has 0 radical (unpaired) electrons. The van der Waals surface area contributed by atoms with Crippen LogP contribution in [-0.2, 0) is 4.79 Å². The van der Waals surface area contributed by atoms with Crippen LogP contribution in [-0.4, -0.2) is 60.7 Å². The van der Waals surface area contributed by atoms with E-state index in [0.29, 0.717) is 19.0 Å². The van der Waals surface area contributed by atoms with E-state index in [4.69, 9.17) is 4.74 Å². The lowest BCUT2D eigenvalue weighted by Gasteiger charge is -2.26. The molecule has 0 aliphatic carbocycles. The number of hydrogen-bond acceptors (Lipinski definition) is 4. The fourth-order valence-electron chi connectivity index (χ4n) is 3.08. The summed E-state index contributed by atoms with van der Waals surface area (Å²) in [5.41, 5.74) is 0.795. The maximum absolute atomic E-state index is 12.3. The number of nitrogens with one attached hydrogen (secondary N) is 2. The second-order valence-corrected chi connectivity index (χ2v) is 7.27. The van der Waals surface area contributed by atoms with Crippen molar-refractivity contribution >= 4 is 35.8 Å². The summed E-state index contributed by atoms with van der Waals surface area (Å²) in [5, 5.41) is 16.7. The lowest BCUT2D eigenvalue weighted by Crippen LogP contribution is -2.41. The number of likely N-dealkylation sites (tertiary alicyclic amines) is 1. The number of guanidine groups is 1. The van der Waals surface area contributed by atoms with Crippen molar-refractivity contribution in [3.05, 3.63) is 29.8 Å². The number of aliphatic hydroxyl groups is 1. The smallest absolute Gasteiger partial charge is 0.244 e. The van der Waals surface area contributed by atoms with Crippen LogP contribution in [0.2, 0.25) is 0 Å². The first-order valence-corrected chi connectivity index (χ1v) is 10.2. The molecule has 1 fully saturated rings. The minimum Gasteiger partial charge on any atom is -0.491 e. The Morgan fingerprint density at radius 3 is 2.41 bits per heavy atom. The highest BCUT2D eigenvalue weighted by atomic mass is 127. The predicted octanol–water partition coefficient (Wildman–Crippen LogP) is 2.69. The zero-order valence-electron chi connectivity index (χ0n) is 17.7. The molecule has 29 heavy (non-hydrogen) atoms. The third-order valence-electron chi connectivity index (χ3n) is 4.52. The molecule has 3 N–H and O–H groups in total. The summed E-state index contributed by atoms with van der Waals surface area (Å²) in [6.45, 7) is 8.67. The first-order chi connectivity index (χ1) is 13.5. The molecule has 2 rings (SSSR count). The molecule has 1 atom stereocenters. The zero-order valence-corrected chi connectivity index (χ0v) is 20.0. The molecule has 1 saturated heterocycles. The van der Waals surface area contributed by atoms with Crippen LogP contribution in [0.25, 0.3) is 0 Å². The monoisotopic (exact) mass is 518 g/mol. The van der Waals surface area contributed by atoms with E-state index < -0.39 is 6.10 Å². The Labute approximate surface area is 191 Å². The molecule has 0 bridgehead atoms. The number of aliphatic hydroxyl groups excluding tert-OH is 1. The van der Waals surface area contributed by atoms with E-state index in [0.717, 1.165) is 37.2 Å². The number of carbonyl (C=O) groups excluding carboxylic acids is 1. The van der Waals surface area contributed by atoms with E-state index in [9.17, 15) is 9.90 Å². The van der Waals surface area contributed by atoms with Gasteiger partial charge in [0, 0.05) is 26.2 Å². The molecule has 1 amide bonds. The normalized spacial score (nSPS) is 15.5. The minimum atomic E-state index is -0.685. The van der Waals surface area contributed by atoms with Crippen molar-refractivity contribution in [1.82, 2.24) is 15.5 Å². The number of aliphatic imine (C=N–C) groups is 1. The highest BCUT2D eigenvalue weighted by Gasteiger charge is 2.16. The Balaban J connectivity index is 0.00000420. The number of amides is 1. The van der Waals surface area contributed by atoms with Crippen molar-refractivity contribution in [2.24, 2.45) is 4.99 Å². The fraction of sp³-hybridized carbons (Fsp3) is 0.619. The van der Waals surface area contributed by atoms with E-state index in [-0.39, 0.29) is 42.5 Å². The van der Waals surface area contributed by atoms with Crippen LogP contribution in [0, 0.1) is 0 Å². The number of benzene rings is 1. The van der Waals surface area contributed by atoms with Crippen molar-refractivity contribution in [3.63, 3.8) is 0 Å². The van der Waals surface area contributed by atoms with Crippen molar-refractivity contribution in [2.45, 2.75) is 52.2 Å². The van der Waals surface area contributed by atoms with Crippen molar-refractivity contribution < 1.29 is 14.6 Å². The quantitative estimate of drug-likeness (QED) is 0.280. The van der Waals surface area contributed by atoms with Gasteiger partial charge in [-0.1, -0.05) is 12.1 Å². The van der Waals surface area contributed by atoms with Crippen LogP contribution in [0.15, 0.2) is 29.3 Å². The SMILES string of the molecule is CCNC(=NCC(=O)N1CCCCC1)NCC(O)c1ccc(OC(C)C)cc1.I. The Morgan fingerprint density at radius 2 is 1.83 bits per heavy atom. The summed E-state index contributed by atoms with van der Waals surface area (Å²) in [7, 11) is 0. The second-order valence-electron chi connectivity index (χ2n) is 7.27. The van der Waals surface area contributed by atoms with Gasteiger partial charge in [-0.05, 0) is 57.7 Å². The van der Waals surface area contributed by atoms with Crippen LogP contribution in [0.3, 0.4) is 0 Å². The average molecular weight is 518 g/mol. The van der Waals surface area contributed by atoms with Gasteiger partial charge in [-0.25, -0.2) is 4.99 Å². The molecule has 1 aromatic rings. The Hall–Kier alpha value is -1.55. The van der Waals surface area contributed by atoms with E-state index >= 15 is 0 Å². The molecular weight excluding hydrogens is 483 g/mol. The second kappa shape index (κ2) is 13.6. The van der Waals surface area contributed by atoms with Gasteiger partial charge in [0.25, 0.3) is 0 Å². The molecule has 7 nitrogen and oxygen atoms in total. The topological polar surface area (TPSA) is 86.2 Å². The molecule has 0 saturated carbocycles. The Kier molecular flexibility index (Phi) is 12.0. The molecule has 0 aromatic heterocycles. The molecule has 1 aliphatic rings. The number of nitrogens with zero attached hydrogens (tertiary/aromatic N) is 2. The van der Waals surface area contributed by atoms with Gasteiger partial charge in [0.15, 0.2) is 5.96 Å². The van der Waals surface area contributed by atoms with Gasteiger partial charge in [-0.2, -0.15) is 0 Å². The number of carbonyl (C=O) groups is 1. The predicted molar refractivity (Wildman–Crippen MR) is 127 cm³/mol. The number of halogens is 1. The summed E-state index contributed by atoms with van der Waals surface area (Å²) in [6.07, 6.45) is 2.76. The van der Waals surface area contributed by atoms with E-state index in [1.165, 1.54) is 6.42 Å². The Morgan fingerprint density at radius 1 is 1.17 bits per heavy atom. The van der Waals surface area contributed by atoms with Crippen LogP contribution >= 0.6 is 24.0 Å². The molecule has 1 heterocycles. The number of hydrogen-bond donors (Lipinski definition) is 3. The molecule has 1 unspecified atom stereocenters. The third kappa shape index (κ3) is 9.20. The van der Waals surface area contributed by atoms with Gasteiger partial charge in [-0.15, -0.1) is 24.0 Å². The highest BCUT2D eigenvalue weighted by Crippen LogP contribution is 2.18. The van der Waals surface area contributed by atoms with Gasteiger partial charge < -0.3 is 25.4 Å². The molecule has 8 heteroatoms. The third-order valence-corrected chi connectivity index (χ3v) is 4.52. The van der Waals surface area contributed by atoms with Gasteiger partial charge in [0.1, 0.15) is 12.3 Å². The van der Waals surface area contributed by atoms with Crippen LogP contribution in [0.5, 0.6) is 5.75 Å². The summed E-state index contributed by atoms with van der Waals surface area (Å²) in [4.78, 5) is 18.5. The first kappa shape index (κ1) is 25.5. The number of piperidine rings is 1. The number of rotatable bonds is 8. The van der Waals surface area contributed by atoms with Crippen molar-refractivity contribution in [1.29, 1.82) is 0 Å². The van der Waals surface area contributed by atoms with E-state index in [1.807, 2.05) is 49.9 Å². The average Bonchev–Trinajstić information content (AvgIpc) is 2.70. The lowest BCUT2D eigenvalue weighted by molar-refractivity contribution is -0.130. The minimum absolute atomic E-state index is 0. The first-order valence-electron chi connectivity index (χ1n) is 10.2. The van der Waals surface area contributed by atoms with Gasteiger partial charge in [0.05, 0.1) is 12.2 Å². The summed E-state index contributed by atoms with van der Waals surface area (Å²) in [5.74, 6) is 1.37. The van der Waals surface area contributed by atoms with E-state index in [2.05, 4.69) is 15.6 Å². The molecule has 164 valence electrons. The molecule has 0 spiro atoms. The fourth-order valence-corrected chi connectivity index (χ4v) is 3.08. The summed E-state index contributed by atoms with van der Waals surface area (Å²) in [6, 6.07) is 7.42. The summed E-state index contributed by atoms with van der Waals surface area (Å²) >= 11 is 0. The van der Waals surface area contributed by atoms with Crippen molar-refractivity contribution in [3.8, 4) is 5.75 Å². The van der Waals surface area contributed by atoms with Gasteiger partial charge >= 0.3 is 0 Å². The van der Waals surface area contributed by atoms with Crippen LogP contribution in [0.4, 0.5) is 0 Å². The maximum atomic E-state index is 12.3.